The average molecular weight is 429 g/mol. The number of carbonyl (C=O) groups is 1. The van der Waals surface area contributed by atoms with Gasteiger partial charge >= 0.3 is 0 Å². The lowest BCUT2D eigenvalue weighted by atomic mass is 9.95. The molecule has 0 fully saturated rings. The van der Waals surface area contributed by atoms with Gasteiger partial charge in [0.2, 0.25) is 0 Å². The van der Waals surface area contributed by atoms with Gasteiger partial charge in [-0.2, -0.15) is 0 Å². The molecule has 10 heteroatoms. The van der Waals surface area contributed by atoms with E-state index in [-0.39, 0.29) is 29.0 Å². The first-order chi connectivity index (χ1) is 14.3. The molecule has 0 radical (unpaired) electrons. The molecule has 30 heavy (non-hydrogen) atoms. The molecule has 8 nitrogen and oxygen atoms in total. The van der Waals surface area contributed by atoms with Gasteiger partial charge in [-0.3, -0.25) is 14.9 Å². The van der Waals surface area contributed by atoms with E-state index in [1.807, 2.05) is 13.8 Å². The van der Waals surface area contributed by atoms with Crippen LogP contribution in [0.3, 0.4) is 0 Å². The number of rotatable bonds is 7. The predicted molar refractivity (Wildman–Crippen MR) is 110 cm³/mol. The summed E-state index contributed by atoms with van der Waals surface area (Å²) in [4.78, 5) is 24.2. The third-order valence-electron chi connectivity index (χ3n) is 4.47. The summed E-state index contributed by atoms with van der Waals surface area (Å²) in [5.41, 5.74) is 0.721. The second kappa shape index (κ2) is 9.04. The molecule has 0 spiro atoms. The Morgan fingerprint density at radius 1 is 1.23 bits per heavy atom. The monoisotopic (exact) mass is 429 g/mol. The summed E-state index contributed by atoms with van der Waals surface area (Å²) >= 11 is 1.09. The van der Waals surface area contributed by atoms with Crippen LogP contribution >= 0.6 is 11.8 Å². The molecular weight excluding hydrogens is 409 g/mol. The van der Waals surface area contributed by atoms with Gasteiger partial charge in [-0.25, -0.2) is 4.39 Å². The first-order valence-corrected chi connectivity index (χ1v) is 9.94. The highest BCUT2D eigenvalue weighted by Gasteiger charge is 2.23. The number of hydrogen-bond donors (Lipinski definition) is 1. The molecule has 0 aliphatic rings. The van der Waals surface area contributed by atoms with E-state index in [0.717, 1.165) is 17.3 Å². The number of nitro benzene ring substituents is 1. The SMILES string of the molecule is CC(C)C(NC(=O)c1ccc(Sc2nncn2C)c([N+](=O)[O-])c1)c1ccc(F)cc1. The van der Waals surface area contributed by atoms with E-state index in [2.05, 4.69) is 15.5 Å². The molecule has 0 bridgehead atoms. The lowest BCUT2D eigenvalue weighted by Gasteiger charge is -2.23. The summed E-state index contributed by atoms with van der Waals surface area (Å²) in [5, 5.41) is 22.6. The Kier molecular flexibility index (Phi) is 6.46. The molecule has 1 N–H and O–H groups in total. The van der Waals surface area contributed by atoms with Crippen molar-refractivity contribution in [2.45, 2.75) is 29.9 Å². The summed E-state index contributed by atoms with van der Waals surface area (Å²) in [5.74, 6) is -0.782. The molecule has 1 unspecified atom stereocenters. The Labute approximate surface area is 176 Å². The van der Waals surface area contributed by atoms with Crippen LogP contribution in [0, 0.1) is 21.8 Å². The summed E-state index contributed by atoms with van der Waals surface area (Å²) in [6.45, 7) is 3.86. The normalized spacial score (nSPS) is 12.0. The summed E-state index contributed by atoms with van der Waals surface area (Å²) in [6, 6.07) is 9.82. The number of nitrogens with one attached hydrogen (secondary N) is 1. The van der Waals surface area contributed by atoms with Crippen LogP contribution in [-0.4, -0.2) is 25.6 Å². The smallest absolute Gasteiger partial charge is 0.284 e. The minimum absolute atomic E-state index is 0.0279. The van der Waals surface area contributed by atoms with E-state index in [1.54, 1.807) is 23.7 Å². The van der Waals surface area contributed by atoms with Gasteiger partial charge in [0.1, 0.15) is 12.1 Å². The Morgan fingerprint density at radius 2 is 1.93 bits per heavy atom. The van der Waals surface area contributed by atoms with Gasteiger partial charge in [-0.1, -0.05) is 26.0 Å². The van der Waals surface area contributed by atoms with Crippen LogP contribution in [0.4, 0.5) is 10.1 Å². The van der Waals surface area contributed by atoms with Crippen molar-refractivity contribution in [3.63, 3.8) is 0 Å². The number of benzene rings is 2. The molecule has 3 rings (SSSR count). The van der Waals surface area contributed by atoms with Crippen LogP contribution < -0.4 is 5.32 Å². The number of nitro groups is 1. The predicted octanol–water partition coefficient (Wildman–Crippen LogP) is 4.14. The van der Waals surface area contributed by atoms with Crippen molar-refractivity contribution >= 4 is 23.4 Å². The molecule has 1 aromatic heterocycles. The molecule has 0 aliphatic heterocycles. The second-order valence-corrected chi connectivity index (χ2v) is 8.02. The molecule has 0 saturated heterocycles. The molecule has 2 aromatic carbocycles. The molecule has 3 aromatic rings. The Hall–Kier alpha value is -3.27. The molecule has 0 saturated carbocycles. The summed E-state index contributed by atoms with van der Waals surface area (Å²) in [6.07, 6.45) is 1.50. The number of carbonyl (C=O) groups excluding carboxylic acids is 1. The highest BCUT2D eigenvalue weighted by molar-refractivity contribution is 7.99. The summed E-state index contributed by atoms with van der Waals surface area (Å²) in [7, 11) is 1.73. The number of amides is 1. The van der Waals surface area contributed by atoms with Crippen molar-refractivity contribution < 1.29 is 14.1 Å². The van der Waals surface area contributed by atoms with E-state index in [1.165, 1.54) is 36.7 Å². The van der Waals surface area contributed by atoms with E-state index in [4.69, 9.17) is 0 Å². The zero-order chi connectivity index (χ0) is 21.8. The van der Waals surface area contributed by atoms with Crippen molar-refractivity contribution in [2.75, 3.05) is 0 Å². The molecule has 0 aliphatic carbocycles. The van der Waals surface area contributed by atoms with Crippen LogP contribution in [0.15, 0.2) is 58.8 Å². The van der Waals surface area contributed by atoms with Gasteiger partial charge in [0, 0.05) is 18.7 Å². The highest BCUT2D eigenvalue weighted by atomic mass is 32.2. The first kappa shape index (κ1) is 21.4. The number of halogens is 1. The van der Waals surface area contributed by atoms with Crippen molar-refractivity contribution in [1.29, 1.82) is 0 Å². The molecule has 156 valence electrons. The van der Waals surface area contributed by atoms with Gasteiger partial charge in [0.25, 0.3) is 11.6 Å². The third-order valence-corrected chi connectivity index (χ3v) is 5.59. The average Bonchev–Trinajstić information content (AvgIpc) is 3.11. The lowest BCUT2D eigenvalue weighted by molar-refractivity contribution is -0.387. The van der Waals surface area contributed by atoms with E-state index < -0.39 is 10.8 Å². The van der Waals surface area contributed by atoms with Gasteiger partial charge in [0.05, 0.1) is 15.9 Å². The summed E-state index contributed by atoms with van der Waals surface area (Å²) < 4.78 is 14.9. The van der Waals surface area contributed by atoms with Gasteiger partial charge in [-0.05, 0) is 47.5 Å². The zero-order valence-electron chi connectivity index (χ0n) is 16.6. The lowest BCUT2D eigenvalue weighted by Crippen LogP contribution is -2.31. The van der Waals surface area contributed by atoms with E-state index in [9.17, 15) is 19.3 Å². The number of aromatic nitrogens is 3. The fraction of sp³-hybridized carbons (Fsp3) is 0.250. The standard InChI is InChI=1S/C20H20FN5O3S/c1-12(2)18(13-4-7-15(21)8-5-13)23-19(27)14-6-9-17(16(10-14)26(28)29)30-20-24-22-11-25(20)3/h4-12,18H,1-3H3,(H,23,27). The van der Waals surface area contributed by atoms with Crippen molar-refractivity contribution in [1.82, 2.24) is 20.1 Å². The van der Waals surface area contributed by atoms with Crippen LogP contribution in [0.25, 0.3) is 0 Å². The number of hydrogen-bond acceptors (Lipinski definition) is 6. The van der Waals surface area contributed by atoms with E-state index in [0.29, 0.717) is 10.1 Å². The maximum Gasteiger partial charge on any atom is 0.284 e. The molecular formula is C20H20FN5O3S. The molecule has 1 atom stereocenters. The van der Waals surface area contributed by atoms with Gasteiger partial charge in [-0.15, -0.1) is 10.2 Å². The Balaban J connectivity index is 1.86. The minimum atomic E-state index is -0.532. The third kappa shape index (κ3) is 4.82. The van der Waals surface area contributed by atoms with Crippen molar-refractivity contribution in [3.8, 4) is 0 Å². The largest absolute Gasteiger partial charge is 0.345 e. The van der Waals surface area contributed by atoms with Crippen LogP contribution in [-0.2, 0) is 7.05 Å². The minimum Gasteiger partial charge on any atom is -0.345 e. The van der Waals surface area contributed by atoms with Crippen LogP contribution in [0.1, 0.15) is 35.8 Å². The topological polar surface area (TPSA) is 103 Å². The van der Waals surface area contributed by atoms with Crippen LogP contribution in [0.5, 0.6) is 0 Å². The van der Waals surface area contributed by atoms with Gasteiger partial charge in [0.15, 0.2) is 5.16 Å². The van der Waals surface area contributed by atoms with Crippen molar-refractivity contribution in [3.05, 3.63) is 75.9 Å². The van der Waals surface area contributed by atoms with Crippen molar-refractivity contribution in [2.24, 2.45) is 13.0 Å². The Morgan fingerprint density at radius 3 is 2.50 bits per heavy atom. The maximum absolute atomic E-state index is 13.2. The quantitative estimate of drug-likeness (QED) is 0.447. The zero-order valence-corrected chi connectivity index (χ0v) is 17.4. The first-order valence-electron chi connectivity index (χ1n) is 9.13. The van der Waals surface area contributed by atoms with Gasteiger partial charge < -0.3 is 9.88 Å². The number of aryl methyl sites for hydroxylation is 1. The van der Waals surface area contributed by atoms with E-state index >= 15 is 0 Å². The highest BCUT2D eigenvalue weighted by Crippen LogP contribution is 2.34. The molecule has 1 amide bonds. The fourth-order valence-corrected chi connectivity index (χ4v) is 3.73. The molecule has 1 heterocycles. The fourth-order valence-electron chi connectivity index (χ4n) is 2.88. The van der Waals surface area contributed by atoms with Crippen LogP contribution in [0.2, 0.25) is 0 Å². The second-order valence-electron chi connectivity index (χ2n) is 7.01. The Bertz CT molecular complexity index is 1070. The number of nitrogens with zero attached hydrogens (tertiary/aromatic N) is 4. The maximum atomic E-state index is 13.2.